The van der Waals surface area contributed by atoms with Crippen LogP contribution in [0.3, 0.4) is 0 Å². The molecule has 1 unspecified atom stereocenters. The van der Waals surface area contributed by atoms with Crippen molar-refractivity contribution >= 4 is 11.8 Å². The van der Waals surface area contributed by atoms with E-state index in [0.717, 1.165) is 0 Å². The zero-order valence-electron chi connectivity index (χ0n) is 14.7. The highest BCUT2D eigenvalue weighted by Crippen LogP contribution is 2.22. The summed E-state index contributed by atoms with van der Waals surface area (Å²) in [6.07, 6.45) is -1.67. The maximum Gasteiger partial charge on any atom is 0.309 e. The summed E-state index contributed by atoms with van der Waals surface area (Å²) in [5.74, 6) is 4.17. The molecule has 5 nitrogen and oxygen atoms in total. The van der Waals surface area contributed by atoms with Gasteiger partial charge in [0.2, 0.25) is 6.29 Å². The van der Waals surface area contributed by atoms with Gasteiger partial charge in [-0.1, -0.05) is 34.6 Å². The molecule has 0 bridgehead atoms. The maximum absolute atomic E-state index is 12.0. The van der Waals surface area contributed by atoms with Crippen LogP contribution in [0.2, 0.25) is 0 Å². The Morgan fingerprint density at radius 3 is 1.91 bits per heavy atom. The minimum absolute atomic E-state index is 0.248. The molecule has 0 heterocycles. The lowest BCUT2D eigenvalue weighted by Gasteiger charge is -2.26. The number of carbonyl (C=O) groups excluding carboxylic acids is 2. The third kappa shape index (κ3) is 7.58. The van der Waals surface area contributed by atoms with Gasteiger partial charge in [-0.3, -0.25) is 9.59 Å². The lowest BCUT2D eigenvalue weighted by atomic mass is 9.89. The van der Waals surface area contributed by atoms with E-state index in [2.05, 4.69) is 11.8 Å². The number of esters is 1. The number of rotatable bonds is 7. The van der Waals surface area contributed by atoms with Gasteiger partial charge >= 0.3 is 5.97 Å². The van der Waals surface area contributed by atoms with Crippen LogP contribution in [0.15, 0.2) is 0 Å². The molecule has 0 aromatic heterocycles. The first-order valence-corrected chi connectivity index (χ1v) is 7.62. The summed E-state index contributed by atoms with van der Waals surface area (Å²) in [4.78, 5) is 23.8. The van der Waals surface area contributed by atoms with Gasteiger partial charge in [0.15, 0.2) is 6.10 Å². The molecule has 0 aliphatic carbocycles. The molecule has 1 atom stereocenters. The Morgan fingerprint density at radius 2 is 1.55 bits per heavy atom. The quantitative estimate of drug-likeness (QED) is 0.313. The van der Waals surface area contributed by atoms with Crippen LogP contribution in [0.5, 0.6) is 0 Å². The van der Waals surface area contributed by atoms with Gasteiger partial charge < -0.3 is 14.2 Å². The first-order chi connectivity index (χ1) is 10.1. The van der Waals surface area contributed by atoms with E-state index < -0.39 is 23.6 Å². The van der Waals surface area contributed by atoms with Gasteiger partial charge in [-0.25, -0.2) is 0 Å². The number of hydrogen-bond donors (Lipinski definition) is 0. The average molecular weight is 312 g/mol. The van der Waals surface area contributed by atoms with E-state index in [9.17, 15) is 9.59 Å². The second-order valence-electron chi connectivity index (χ2n) is 6.21. The lowest BCUT2D eigenvalue weighted by Crippen LogP contribution is -2.32. The zero-order chi connectivity index (χ0) is 17.3. The van der Waals surface area contributed by atoms with E-state index in [1.54, 1.807) is 27.7 Å². The molecule has 0 amide bonds. The van der Waals surface area contributed by atoms with Crippen molar-refractivity contribution in [2.24, 2.45) is 11.3 Å². The summed E-state index contributed by atoms with van der Waals surface area (Å²) in [5, 5.41) is 0. The van der Waals surface area contributed by atoms with Crippen molar-refractivity contribution in [3.8, 4) is 11.8 Å². The minimum Gasteiger partial charge on any atom is -0.448 e. The van der Waals surface area contributed by atoms with Crippen molar-refractivity contribution in [2.45, 2.75) is 60.9 Å². The molecule has 0 aromatic carbocycles. The molecule has 0 radical (unpaired) electrons. The van der Waals surface area contributed by atoms with Gasteiger partial charge in [0.05, 0.1) is 5.92 Å². The summed E-state index contributed by atoms with van der Waals surface area (Å²) >= 11 is 0. The van der Waals surface area contributed by atoms with E-state index in [4.69, 9.17) is 14.2 Å². The van der Waals surface area contributed by atoms with Crippen molar-refractivity contribution < 1.29 is 23.8 Å². The molecular formula is C17H28O5. The predicted molar refractivity (Wildman–Crippen MR) is 84.0 cm³/mol. The van der Waals surface area contributed by atoms with Crippen LogP contribution in [-0.4, -0.2) is 37.4 Å². The number of ether oxygens (including phenoxy) is 3. The third-order valence-electron chi connectivity index (χ3n) is 2.67. The molecule has 5 heteroatoms. The molecule has 0 N–H and O–H groups in total. The first kappa shape index (κ1) is 20.6. The highest BCUT2D eigenvalue weighted by molar-refractivity contribution is 5.98. The number of hydrogen-bond acceptors (Lipinski definition) is 5. The van der Waals surface area contributed by atoms with Crippen molar-refractivity contribution in [3.63, 3.8) is 0 Å². The van der Waals surface area contributed by atoms with Gasteiger partial charge in [-0.15, -0.1) is 0 Å². The monoisotopic (exact) mass is 312 g/mol. The van der Waals surface area contributed by atoms with Crippen molar-refractivity contribution in [1.82, 2.24) is 0 Å². The first-order valence-electron chi connectivity index (χ1n) is 7.62. The van der Waals surface area contributed by atoms with E-state index in [-0.39, 0.29) is 11.9 Å². The van der Waals surface area contributed by atoms with Crippen LogP contribution in [0, 0.1) is 23.2 Å². The molecule has 0 saturated heterocycles. The molecule has 0 fully saturated rings. The topological polar surface area (TPSA) is 61.8 Å². The van der Waals surface area contributed by atoms with Gasteiger partial charge in [-0.2, -0.15) is 0 Å². The molecule has 22 heavy (non-hydrogen) atoms. The fourth-order valence-electron chi connectivity index (χ4n) is 1.37. The Kier molecular flexibility index (Phi) is 9.00. The molecular weight excluding hydrogens is 284 g/mol. The van der Waals surface area contributed by atoms with Crippen LogP contribution in [0.1, 0.15) is 48.5 Å². The Morgan fingerprint density at radius 1 is 1.05 bits per heavy atom. The molecule has 0 aliphatic rings. The summed E-state index contributed by atoms with van der Waals surface area (Å²) in [5.41, 5.74) is -0.398. The maximum atomic E-state index is 12.0. The standard InChI is InChI=1S/C17H28O5/c1-8-20-16(21-9-2)13(18)10-11-14(17(5,6)7)22-15(19)12(3)4/h12,14,16H,8-9H2,1-7H3. The SMILES string of the molecule is CCOC(OCC)C(=O)C#CC(OC(=O)C(C)C)C(C)(C)C. The van der Waals surface area contributed by atoms with Crippen LogP contribution < -0.4 is 0 Å². The largest absolute Gasteiger partial charge is 0.448 e. The van der Waals surface area contributed by atoms with E-state index in [1.807, 2.05) is 20.8 Å². The van der Waals surface area contributed by atoms with Crippen LogP contribution in [-0.2, 0) is 23.8 Å². The van der Waals surface area contributed by atoms with Crippen molar-refractivity contribution in [2.75, 3.05) is 13.2 Å². The second-order valence-corrected chi connectivity index (χ2v) is 6.21. The fraction of sp³-hybridized carbons (Fsp3) is 0.765. The van der Waals surface area contributed by atoms with Crippen LogP contribution in [0.4, 0.5) is 0 Å². The van der Waals surface area contributed by atoms with Gasteiger partial charge in [0.1, 0.15) is 0 Å². The molecule has 126 valence electrons. The van der Waals surface area contributed by atoms with E-state index >= 15 is 0 Å². The highest BCUT2D eigenvalue weighted by Gasteiger charge is 2.28. The predicted octanol–water partition coefficient (Wildman–Crippen LogP) is 2.57. The normalized spacial score (nSPS) is 12.8. The van der Waals surface area contributed by atoms with E-state index in [1.165, 1.54) is 0 Å². The Hall–Kier alpha value is -1.38. The summed E-state index contributed by atoms with van der Waals surface area (Å²) < 4.78 is 15.8. The Balaban J connectivity index is 5.08. The highest BCUT2D eigenvalue weighted by atomic mass is 16.7. The van der Waals surface area contributed by atoms with Gasteiger partial charge in [0.25, 0.3) is 5.78 Å². The summed E-state index contributed by atoms with van der Waals surface area (Å²) in [6.45, 7) is 13.4. The third-order valence-corrected chi connectivity index (χ3v) is 2.67. The van der Waals surface area contributed by atoms with Crippen LogP contribution >= 0.6 is 0 Å². The smallest absolute Gasteiger partial charge is 0.309 e. The zero-order valence-corrected chi connectivity index (χ0v) is 14.7. The van der Waals surface area contributed by atoms with Crippen molar-refractivity contribution in [1.29, 1.82) is 0 Å². The number of carbonyl (C=O) groups is 2. The number of ketones is 1. The second kappa shape index (κ2) is 9.60. The van der Waals surface area contributed by atoms with Gasteiger partial charge in [0, 0.05) is 18.6 Å². The summed E-state index contributed by atoms with van der Waals surface area (Å²) in [6, 6.07) is 0. The Labute approximate surface area is 133 Å². The molecule has 0 spiro atoms. The molecule has 0 aromatic rings. The fourth-order valence-corrected chi connectivity index (χ4v) is 1.37. The molecule has 0 rings (SSSR count). The van der Waals surface area contributed by atoms with Gasteiger partial charge in [-0.05, 0) is 25.7 Å². The van der Waals surface area contributed by atoms with E-state index in [0.29, 0.717) is 13.2 Å². The molecule has 0 saturated carbocycles. The molecule has 0 aliphatic heterocycles. The Bertz CT molecular complexity index is 417. The minimum atomic E-state index is -0.996. The summed E-state index contributed by atoms with van der Waals surface area (Å²) in [7, 11) is 0. The average Bonchev–Trinajstić information content (AvgIpc) is 2.41. The van der Waals surface area contributed by atoms with Crippen LogP contribution in [0.25, 0.3) is 0 Å². The lowest BCUT2D eigenvalue weighted by molar-refractivity contribution is -0.162. The number of Topliss-reactive ketones (excluding diaryl/α,β-unsaturated/α-hetero) is 1. The van der Waals surface area contributed by atoms with Crippen molar-refractivity contribution in [3.05, 3.63) is 0 Å².